The van der Waals surface area contributed by atoms with E-state index < -0.39 is 41.8 Å². The molecule has 0 aliphatic carbocycles. The number of aliphatic hydroxyl groups excluding tert-OH is 1. The van der Waals surface area contributed by atoms with Crippen molar-refractivity contribution < 1.29 is 24.2 Å². The molecule has 2 atom stereocenters. The van der Waals surface area contributed by atoms with Crippen molar-refractivity contribution in [2.45, 2.75) is 84.5 Å². The summed E-state index contributed by atoms with van der Waals surface area (Å²) in [6, 6.07) is 4.96. The molecule has 0 aliphatic rings. The van der Waals surface area contributed by atoms with E-state index in [2.05, 4.69) is 17.2 Å². The molecule has 0 heterocycles. The number of nitrogens with one attached hydrogen (secondary N) is 2. The number of unbranched alkanes of at least 4 members (excludes halogenated alkanes) is 1. The zero-order chi connectivity index (χ0) is 26.1. The van der Waals surface area contributed by atoms with Gasteiger partial charge in [0.15, 0.2) is 0 Å². The molecule has 0 fully saturated rings. The molecular weight excluding hydrogens is 434 g/mol. The highest BCUT2D eigenvalue weighted by atomic mass is 16.6. The summed E-state index contributed by atoms with van der Waals surface area (Å²) in [6.45, 7) is 16.1. The molecule has 8 nitrogen and oxygen atoms in total. The van der Waals surface area contributed by atoms with Crippen LogP contribution in [0.5, 0.6) is 0 Å². The quantitative estimate of drug-likeness (QED) is 0.446. The van der Waals surface area contributed by atoms with E-state index in [-0.39, 0.29) is 5.91 Å². The second kappa shape index (κ2) is 12.6. The molecule has 1 rings (SSSR count). The van der Waals surface area contributed by atoms with Crippen molar-refractivity contribution in [1.82, 2.24) is 15.5 Å². The van der Waals surface area contributed by atoms with Gasteiger partial charge in [-0.15, -0.1) is 0 Å². The highest BCUT2D eigenvalue weighted by Crippen LogP contribution is 2.30. The van der Waals surface area contributed by atoms with Gasteiger partial charge in [-0.05, 0) is 65.2 Å². The van der Waals surface area contributed by atoms with E-state index in [1.807, 2.05) is 13.0 Å². The fourth-order valence-corrected chi connectivity index (χ4v) is 3.41. The molecule has 0 aromatic heterocycles. The highest BCUT2D eigenvalue weighted by molar-refractivity contribution is 5.92. The fraction of sp³-hybridized carbons (Fsp3) is 0.577. The third-order valence-electron chi connectivity index (χ3n) is 4.93. The monoisotopic (exact) mass is 475 g/mol. The van der Waals surface area contributed by atoms with E-state index in [4.69, 9.17) is 4.74 Å². The molecule has 1 aromatic carbocycles. The smallest absolute Gasteiger partial charge is 0.408 e. The van der Waals surface area contributed by atoms with E-state index in [1.54, 1.807) is 65.8 Å². The minimum Gasteiger partial charge on any atom is -0.444 e. The zero-order valence-electron chi connectivity index (χ0n) is 21.6. The molecule has 2 unspecified atom stereocenters. The number of carbonyl (C=O) groups excluding carboxylic acids is 3. The van der Waals surface area contributed by atoms with E-state index in [0.717, 1.165) is 18.4 Å². The van der Waals surface area contributed by atoms with Crippen LogP contribution in [0.4, 0.5) is 4.79 Å². The van der Waals surface area contributed by atoms with Crippen molar-refractivity contribution in [3.05, 3.63) is 42.0 Å². The second-order valence-corrected chi connectivity index (χ2v) is 10.2. The van der Waals surface area contributed by atoms with Crippen LogP contribution in [0.2, 0.25) is 0 Å². The lowest BCUT2D eigenvalue weighted by atomic mass is 9.94. The summed E-state index contributed by atoms with van der Waals surface area (Å²) in [4.78, 5) is 40.9. The van der Waals surface area contributed by atoms with Gasteiger partial charge in [0, 0.05) is 12.1 Å². The van der Waals surface area contributed by atoms with Crippen molar-refractivity contribution in [1.29, 1.82) is 0 Å². The lowest BCUT2D eigenvalue weighted by Gasteiger charge is -2.43. The number of aliphatic hydroxyl groups is 1. The summed E-state index contributed by atoms with van der Waals surface area (Å²) < 4.78 is 5.25. The lowest BCUT2D eigenvalue weighted by molar-refractivity contribution is -0.149. The molecule has 8 heteroatoms. The van der Waals surface area contributed by atoms with Crippen LogP contribution in [0.1, 0.15) is 78.5 Å². The molecule has 0 saturated heterocycles. The zero-order valence-corrected chi connectivity index (χ0v) is 21.6. The summed E-state index contributed by atoms with van der Waals surface area (Å²) >= 11 is 0. The molecule has 3 amide bonds. The van der Waals surface area contributed by atoms with Gasteiger partial charge in [-0.2, -0.15) is 0 Å². The van der Waals surface area contributed by atoms with Crippen LogP contribution in [0, 0.1) is 0 Å². The average Bonchev–Trinajstić information content (AvgIpc) is 2.73. The normalized spacial score (nSPS) is 13.4. The van der Waals surface area contributed by atoms with E-state index >= 15 is 0 Å². The van der Waals surface area contributed by atoms with Crippen molar-refractivity contribution >= 4 is 24.0 Å². The number of hydrogen-bond acceptors (Lipinski definition) is 5. The Labute approximate surface area is 203 Å². The van der Waals surface area contributed by atoms with Crippen molar-refractivity contribution in [3.63, 3.8) is 0 Å². The number of rotatable bonds is 10. The molecule has 1 aromatic rings. The predicted molar refractivity (Wildman–Crippen MR) is 134 cm³/mol. The number of ether oxygens (including phenoxy) is 1. The Hall–Kier alpha value is -2.87. The number of carbonyl (C=O) groups is 3. The summed E-state index contributed by atoms with van der Waals surface area (Å²) in [5, 5.41) is 15.3. The van der Waals surface area contributed by atoms with Gasteiger partial charge in [-0.3, -0.25) is 9.59 Å². The minimum absolute atomic E-state index is 0.341. The van der Waals surface area contributed by atoms with Crippen LogP contribution in [0.3, 0.4) is 0 Å². The largest absolute Gasteiger partial charge is 0.444 e. The molecule has 3 N–H and O–H groups in total. The van der Waals surface area contributed by atoms with Crippen LogP contribution in [-0.2, 0) is 14.3 Å². The maximum atomic E-state index is 13.7. The molecule has 190 valence electrons. The Morgan fingerprint density at radius 1 is 1.18 bits per heavy atom. The first-order chi connectivity index (χ1) is 15.7. The predicted octanol–water partition coefficient (Wildman–Crippen LogP) is 3.80. The molecule has 0 spiro atoms. The van der Waals surface area contributed by atoms with Crippen LogP contribution < -0.4 is 10.6 Å². The Morgan fingerprint density at radius 2 is 1.82 bits per heavy atom. The van der Waals surface area contributed by atoms with Crippen molar-refractivity contribution in [2.75, 3.05) is 13.2 Å². The number of alkyl carbamates (subject to hydrolysis) is 1. The molecule has 0 saturated carbocycles. The summed E-state index contributed by atoms with van der Waals surface area (Å²) in [7, 11) is 0. The molecule has 34 heavy (non-hydrogen) atoms. The van der Waals surface area contributed by atoms with E-state index in [0.29, 0.717) is 12.1 Å². The van der Waals surface area contributed by atoms with Crippen LogP contribution in [-0.4, -0.2) is 58.2 Å². The van der Waals surface area contributed by atoms with Crippen molar-refractivity contribution in [2.24, 2.45) is 0 Å². The van der Waals surface area contributed by atoms with Gasteiger partial charge < -0.3 is 25.4 Å². The number of nitrogens with zero attached hydrogens (tertiary/aromatic N) is 1. The Bertz CT molecular complexity index is 855. The van der Waals surface area contributed by atoms with Crippen molar-refractivity contribution in [3.8, 4) is 0 Å². The molecule has 0 aliphatic heterocycles. The summed E-state index contributed by atoms with van der Waals surface area (Å²) in [5.74, 6) is -0.938. The van der Waals surface area contributed by atoms with Gasteiger partial charge in [0.25, 0.3) is 0 Å². The Morgan fingerprint density at radius 3 is 2.32 bits per heavy atom. The van der Waals surface area contributed by atoms with Gasteiger partial charge in [0.1, 0.15) is 17.7 Å². The van der Waals surface area contributed by atoms with Crippen LogP contribution >= 0.6 is 0 Å². The maximum Gasteiger partial charge on any atom is 0.408 e. The fourth-order valence-electron chi connectivity index (χ4n) is 3.41. The first-order valence-electron chi connectivity index (χ1n) is 11.7. The summed E-state index contributed by atoms with van der Waals surface area (Å²) in [6.07, 6.45) is 2.55. The van der Waals surface area contributed by atoms with E-state index in [1.165, 1.54) is 4.90 Å². The number of amides is 3. The van der Waals surface area contributed by atoms with Crippen LogP contribution in [0.15, 0.2) is 30.8 Å². The second-order valence-electron chi connectivity index (χ2n) is 10.2. The Kier molecular flexibility index (Phi) is 10.8. The lowest BCUT2D eigenvalue weighted by Crippen LogP contribution is -2.59. The Balaban J connectivity index is 3.46. The molecule has 0 bridgehead atoms. The first kappa shape index (κ1) is 29.2. The van der Waals surface area contributed by atoms with Crippen LogP contribution in [0.25, 0.3) is 6.08 Å². The third kappa shape index (κ3) is 8.82. The number of benzene rings is 1. The maximum absolute atomic E-state index is 13.7. The van der Waals surface area contributed by atoms with Gasteiger partial charge in [0.05, 0.1) is 6.61 Å². The van der Waals surface area contributed by atoms with Gasteiger partial charge in [-0.25, -0.2) is 4.79 Å². The van der Waals surface area contributed by atoms with Gasteiger partial charge in [-0.1, -0.05) is 44.2 Å². The average molecular weight is 476 g/mol. The van der Waals surface area contributed by atoms with Gasteiger partial charge in [0.2, 0.25) is 11.8 Å². The topological polar surface area (TPSA) is 108 Å². The standard InChI is InChI=1S/C26H41N3O5/c1-9-11-15-27-22(31)21(19-14-12-13-18(10-2)16-19)29(25(3,4)5)23(32)20(17-30)28-24(33)34-26(6,7)8/h10,12-14,16,20-21,30H,2,9,11,15,17H2,1,3-8H3,(H,27,31)(H,28,33). The van der Waals surface area contributed by atoms with Gasteiger partial charge >= 0.3 is 6.09 Å². The minimum atomic E-state index is -1.29. The summed E-state index contributed by atoms with van der Waals surface area (Å²) in [5.41, 5.74) is -0.194. The van der Waals surface area contributed by atoms with E-state index in [9.17, 15) is 19.5 Å². The third-order valence-corrected chi connectivity index (χ3v) is 4.93. The molecular formula is C26H41N3O5. The highest BCUT2D eigenvalue weighted by Gasteiger charge is 2.41. The molecule has 0 radical (unpaired) electrons. The first-order valence-corrected chi connectivity index (χ1v) is 11.7. The SMILES string of the molecule is C=Cc1cccc(C(C(=O)NCCCC)N(C(=O)C(CO)NC(=O)OC(C)(C)C)C(C)(C)C)c1. The number of hydrogen-bond donors (Lipinski definition) is 3.